The van der Waals surface area contributed by atoms with E-state index >= 15 is 0 Å². The average molecular weight is 285 g/mol. The molecule has 1 heterocycles. The second kappa shape index (κ2) is 7.45. The first-order chi connectivity index (χ1) is 9.74. The number of thioether (sulfide) groups is 1. The van der Waals surface area contributed by atoms with Crippen LogP contribution >= 0.6 is 11.8 Å². The molecule has 102 valence electrons. The van der Waals surface area contributed by atoms with Crippen LogP contribution in [-0.4, -0.2) is 22.9 Å². The van der Waals surface area contributed by atoms with Gasteiger partial charge in [-0.1, -0.05) is 17.7 Å². The lowest BCUT2D eigenvalue weighted by Crippen LogP contribution is -2.19. The lowest BCUT2D eigenvalue weighted by molar-refractivity contribution is -0.118. The van der Waals surface area contributed by atoms with Crippen molar-refractivity contribution in [2.45, 2.75) is 11.8 Å². The number of hydrogen-bond acceptors (Lipinski definition) is 4. The number of amides is 1. The Bertz CT molecular complexity index is 582. The fraction of sp³-hybridized carbons (Fsp3) is 0.133. The molecule has 0 bridgehead atoms. The van der Waals surface area contributed by atoms with E-state index in [1.54, 1.807) is 18.6 Å². The zero-order valence-corrected chi connectivity index (χ0v) is 11.9. The fourth-order valence-electron chi connectivity index (χ4n) is 1.44. The summed E-state index contributed by atoms with van der Waals surface area (Å²) in [7, 11) is 0. The number of hydrazone groups is 1. The van der Waals surface area contributed by atoms with Crippen molar-refractivity contribution in [1.29, 1.82) is 0 Å². The number of aryl methyl sites for hydroxylation is 1. The lowest BCUT2D eigenvalue weighted by atomic mass is 10.2. The minimum Gasteiger partial charge on any atom is -0.272 e. The molecule has 0 aliphatic rings. The predicted molar refractivity (Wildman–Crippen MR) is 81.9 cm³/mol. The Morgan fingerprint density at radius 1 is 1.25 bits per heavy atom. The van der Waals surface area contributed by atoms with Gasteiger partial charge in [-0.15, -0.1) is 11.8 Å². The number of aromatic nitrogens is 1. The Morgan fingerprint density at radius 3 is 2.65 bits per heavy atom. The van der Waals surface area contributed by atoms with Gasteiger partial charge < -0.3 is 0 Å². The topological polar surface area (TPSA) is 54.4 Å². The quantitative estimate of drug-likeness (QED) is 0.522. The number of rotatable bonds is 5. The largest absolute Gasteiger partial charge is 0.272 e. The third-order valence-corrected chi connectivity index (χ3v) is 3.51. The minimum absolute atomic E-state index is 0.124. The van der Waals surface area contributed by atoms with Crippen molar-refractivity contribution in [3.8, 4) is 0 Å². The van der Waals surface area contributed by atoms with Gasteiger partial charge in [-0.2, -0.15) is 5.10 Å². The summed E-state index contributed by atoms with van der Waals surface area (Å²) in [5, 5.41) is 3.90. The van der Waals surface area contributed by atoms with E-state index in [1.807, 2.05) is 43.3 Å². The molecule has 4 nitrogen and oxygen atoms in total. The molecule has 0 radical (unpaired) electrons. The minimum atomic E-state index is -0.124. The second-order valence-electron chi connectivity index (χ2n) is 4.18. The molecule has 1 aromatic heterocycles. The number of nitrogens with one attached hydrogen (secondary N) is 1. The average Bonchev–Trinajstić information content (AvgIpc) is 2.48. The van der Waals surface area contributed by atoms with Crippen LogP contribution in [0.5, 0.6) is 0 Å². The van der Waals surface area contributed by atoms with Gasteiger partial charge in [0.2, 0.25) is 5.91 Å². The van der Waals surface area contributed by atoms with Crippen LogP contribution in [0, 0.1) is 6.92 Å². The van der Waals surface area contributed by atoms with Crippen LogP contribution in [0.15, 0.2) is 58.8 Å². The molecule has 0 fully saturated rings. The monoisotopic (exact) mass is 285 g/mol. The number of hydrogen-bond donors (Lipinski definition) is 1. The maximum absolute atomic E-state index is 11.6. The Hall–Kier alpha value is -2.14. The number of nitrogens with zero attached hydrogens (tertiary/aromatic N) is 2. The lowest BCUT2D eigenvalue weighted by Gasteiger charge is -2.01. The van der Waals surface area contributed by atoms with Crippen molar-refractivity contribution < 1.29 is 4.79 Å². The molecular weight excluding hydrogens is 270 g/mol. The maximum Gasteiger partial charge on any atom is 0.250 e. The Balaban J connectivity index is 1.76. The molecule has 20 heavy (non-hydrogen) atoms. The van der Waals surface area contributed by atoms with Crippen molar-refractivity contribution in [2.75, 3.05) is 5.75 Å². The van der Waals surface area contributed by atoms with Gasteiger partial charge in [0.25, 0.3) is 0 Å². The molecule has 0 atom stereocenters. The molecule has 1 N–H and O–H groups in total. The number of benzene rings is 1. The summed E-state index contributed by atoms with van der Waals surface area (Å²) in [6.45, 7) is 2.04. The van der Waals surface area contributed by atoms with Crippen LogP contribution in [0.1, 0.15) is 11.1 Å². The van der Waals surface area contributed by atoms with Crippen LogP contribution in [0.4, 0.5) is 0 Å². The SMILES string of the molecule is Cc1ccc(SCC(=O)N/N=C\c2ccncc2)cc1. The van der Waals surface area contributed by atoms with Crippen molar-refractivity contribution in [3.05, 3.63) is 59.9 Å². The summed E-state index contributed by atoms with van der Waals surface area (Å²) < 4.78 is 0. The van der Waals surface area contributed by atoms with Gasteiger partial charge in [0.15, 0.2) is 0 Å². The molecule has 0 unspecified atom stereocenters. The molecule has 0 aliphatic heterocycles. The molecular formula is C15H15N3OS. The molecule has 0 spiro atoms. The molecule has 1 amide bonds. The molecule has 5 heteroatoms. The van der Waals surface area contributed by atoms with Gasteiger partial charge in [0.05, 0.1) is 12.0 Å². The first-order valence-corrected chi connectivity index (χ1v) is 7.14. The molecule has 2 rings (SSSR count). The first kappa shape index (κ1) is 14.3. The smallest absolute Gasteiger partial charge is 0.250 e. The predicted octanol–water partition coefficient (Wildman–Crippen LogP) is 2.63. The van der Waals surface area contributed by atoms with E-state index in [1.165, 1.54) is 17.3 Å². The van der Waals surface area contributed by atoms with Crippen LogP contribution in [0.2, 0.25) is 0 Å². The van der Waals surface area contributed by atoms with Crippen LogP contribution < -0.4 is 5.43 Å². The highest BCUT2D eigenvalue weighted by molar-refractivity contribution is 8.00. The van der Waals surface area contributed by atoms with Gasteiger partial charge in [0.1, 0.15) is 0 Å². The summed E-state index contributed by atoms with van der Waals surface area (Å²) in [5.74, 6) is 0.220. The van der Waals surface area contributed by atoms with E-state index in [9.17, 15) is 4.79 Å². The number of carbonyl (C=O) groups is 1. The summed E-state index contributed by atoms with van der Waals surface area (Å²) in [6, 6.07) is 11.7. The normalized spacial score (nSPS) is 10.7. The fourth-order valence-corrected chi connectivity index (χ4v) is 2.13. The van der Waals surface area contributed by atoms with Gasteiger partial charge in [0, 0.05) is 17.3 Å². The van der Waals surface area contributed by atoms with Gasteiger partial charge in [-0.05, 0) is 36.8 Å². The van der Waals surface area contributed by atoms with Crippen molar-refractivity contribution in [3.63, 3.8) is 0 Å². The highest BCUT2D eigenvalue weighted by Crippen LogP contribution is 2.17. The van der Waals surface area contributed by atoms with E-state index in [2.05, 4.69) is 15.5 Å². The molecule has 0 saturated heterocycles. The maximum atomic E-state index is 11.6. The molecule has 2 aromatic rings. The van der Waals surface area contributed by atoms with Gasteiger partial charge in [-0.3, -0.25) is 9.78 Å². The van der Waals surface area contributed by atoms with Gasteiger partial charge >= 0.3 is 0 Å². The standard InChI is InChI=1S/C15H15N3OS/c1-12-2-4-14(5-3-12)20-11-15(19)18-17-10-13-6-8-16-9-7-13/h2-10H,11H2,1H3,(H,18,19)/b17-10-. The van der Waals surface area contributed by atoms with E-state index in [-0.39, 0.29) is 5.91 Å². The molecule has 0 saturated carbocycles. The number of pyridine rings is 1. The van der Waals surface area contributed by atoms with E-state index in [0.29, 0.717) is 5.75 Å². The Morgan fingerprint density at radius 2 is 1.95 bits per heavy atom. The zero-order chi connectivity index (χ0) is 14.2. The second-order valence-corrected chi connectivity index (χ2v) is 5.22. The van der Waals surface area contributed by atoms with E-state index in [4.69, 9.17) is 0 Å². The third-order valence-electron chi connectivity index (χ3n) is 2.50. The van der Waals surface area contributed by atoms with Crippen molar-refractivity contribution in [2.24, 2.45) is 5.10 Å². The molecule has 1 aromatic carbocycles. The molecule has 0 aliphatic carbocycles. The van der Waals surface area contributed by atoms with Crippen molar-refractivity contribution in [1.82, 2.24) is 10.4 Å². The van der Waals surface area contributed by atoms with E-state index < -0.39 is 0 Å². The van der Waals surface area contributed by atoms with Crippen LogP contribution in [0.25, 0.3) is 0 Å². The third kappa shape index (κ3) is 4.85. The first-order valence-electron chi connectivity index (χ1n) is 6.15. The summed E-state index contributed by atoms with van der Waals surface area (Å²) >= 11 is 1.49. The van der Waals surface area contributed by atoms with Gasteiger partial charge in [-0.25, -0.2) is 5.43 Å². The summed E-state index contributed by atoms with van der Waals surface area (Å²) in [4.78, 5) is 16.6. The van der Waals surface area contributed by atoms with E-state index in [0.717, 1.165) is 10.5 Å². The summed E-state index contributed by atoms with van der Waals surface area (Å²) in [6.07, 6.45) is 4.95. The van der Waals surface area contributed by atoms with Crippen molar-refractivity contribution >= 4 is 23.9 Å². The zero-order valence-electron chi connectivity index (χ0n) is 11.1. The summed E-state index contributed by atoms with van der Waals surface area (Å²) in [5.41, 5.74) is 4.61. The van der Waals surface area contributed by atoms with Crippen LogP contribution in [-0.2, 0) is 4.79 Å². The number of carbonyl (C=O) groups excluding carboxylic acids is 1. The Labute approximate surface area is 122 Å². The highest BCUT2D eigenvalue weighted by atomic mass is 32.2. The Kier molecular flexibility index (Phi) is 5.32. The van der Waals surface area contributed by atoms with Crippen LogP contribution in [0.3, 0.4) is 0 Å². The highest BCUT2D eigenvalue weighted by Gasteiger charge is 2.01.